The van der Waals surface area contributed by atoms with Gasteiger partial charge in [0.25, 0.3) is 0 Å². The smallest absolute Gasteiger partial charge is 0.368 e. The average molecular weight is 208 g/mol. The molecule has 0 saturated heterocycles. The lowest BCUT2D eigenvalue weighted by Gasteiger charge is -2.08. The van der Waals surface area contributed by atoms with E-state index in [0.29, 0.717) is 0 Å². The normalized spacial score (nSPS) is 14.5. The molecule has 74 valence electrons. The number of primary amides is 1. The van der Waals surface area contributed by atoms with Gasteiger partial charge in [-0.2, -0.15) is 5.26 Å². The fraction of sp³-hybridized carbons (Fsp3) is 0.600. The summed E-state index contributed by atoms with van der Waals surface area (Å²) in [6.45, 7) is -0.927. The highest BCUT2D eigenvalue weighted by Gasteiger charge is 2.21. The topological polar surface area (TPSA) is 123 Å². The molecular formula is C5H9N2O5P. The second-order valence-electron chi connectivity index (χ2n) is 1.95. The van der Waals surface area contributed by atoms with Crippen molar-refractivity contribution >= 4 is 13.7 Å². The van der Waals surface area contributed by atoms with E-state index in [1.165, 1.54) is 0 Å². The zero-order valence-electron chi connectivity index (χ0n) is 6.67. The lowest BCUT2D eigenvalue weighted by Crippen LogP contribution is -2.17. The summed E-state index contributed by atoms with van der Waals surface area (Å²) >= 11 is 0. The van der Waals surface area contributed by atoms with Crippen LogP contribution in [0.15, 0.2) is 0 Å². The van der Waals surface area contributed by atoms with E-state index < -0.39 is 20.3 Å². The Hall–Kier alpha value is -0.930. The third kappa shape index (κ3) is 7.43. The quantitative estimate of drug-likeness (QED) is 0.448. The molecule has 0 fully saturated rings. The average Bonchev–Trinajstić information content (AvgIpc) is 2.02. The van der Waals surface area contributed by atoms with E-state index in [1.807, 2.05) is 0 Å². The zero-order valence-corrected chi connectivity index (χ0v) is 7.57. The number of hydrogen-bond donors (Lipinski definition) is 2. The van der Waals surface area contributed by atoms with Gasteiger partial charge in [0.2, 0.25) is 5.91 Å². The van der Waals surface area contributed by atoms with Crippen molar-refractivity contribution in [2.24, 2.45) is 5.73 Å². The number of phosphoric acid groups is 1. The van der Waals surface area contributed by atoms with Crippen molar-refractivity contribution in [2.75, 3.05) is 13.2 Å². The van der Waals surface area contributed by atoms with Crippen molar-refractivity contribution in [3.63, 3.8) is 0 Å². The molecule has 0 aliphatic carbocycles. The number of phosphoric ester groups is 1. The number of amides is 1. The maximum atomic E-state index is 10.8. The molecule has 0 aliphatic rings. The molecular weight excluding hydrogens is 199 g/mol. The Morgan fingerprint density at radius 2 is 2.23 bits per heavy atom. The van der Waals surface area contributed by atoms with Crippen LogP contribution in [0.3, 0.4) is 0 Å². The molecule has 1 amide bonds. The monoisotopic (exact) mass is 208 g/mol. The largest absolute Gasteiger partial charge is 0.472 e. The zero-order chi connectivity index (χ0) is 10.3. The van der Waals surface area contributed by atoms with E-state index in [1.54, 1.807) is 6.07 Å². The molecule has 0 aromatic rings. The van der Waals surface area contributed by atoms with Gasteiger partial charge < -0.3 is 10.6 Å². The van der Waals surface area contributed by atoms with Crippen molar-refractivity contribution in [3.05, 3.63) is 0 Å². The summed E-state index contributed by atoms with van der Waals surface area (Å²) in [4.78, 5) is 18.9. The number of nitriles is 1. The highest BCUT2D eigenvalue weighted by Crippen LogP contribution is 2.42. The van der Waals surface area contributed by atoms with Gasteiger partial charge in [0.05, 0.1) is 19.1 Å². The first-order valence-electron chi connectivity index (χ1n) is 3.25. The van der Waals surface area contributed by atoms with Gasteiger partial charge >= 0.3 is 7.82 Å². The number of nitrogens with zero attached hydrogens (tertiary/aromatic N) is 1. The second kappa shape index (κ2) is 5.67. The lowest BCUT2D eigenvalue weighted by molar-refractivity contribution is -0.120. The first-order chi connectivity index (χ1) is 5.98. The van der Waals surface area contributed by atoms with Gasteiger partial charge in [0.1, 0.15) is 6.61 Å². The summed E-state index contributed by atoms with van der Waals surface area (Å²) in [5.74, 6) is -0.877. The van der Waals surface area contributed by atoms with Crippen molar-refractivity contribution in [3.8, 4) is 6.07 Å². The Morgan fingerprint density at radius 3 is 2.69 bits per heavy atom. The molecule has 8 heteroatoms. The van der Waals surface area contributed by atoms with Gasteiger partial charge in [-0.1, -0.05) is 0 Å². The third-order valence-electron chi connectivity index (χ3n) is 0.838. The molecule has 0 heterocycles. The maximum absolute atomic E-state index is 10.8. The van der Waals surface area contributed by atoms with Crippen LogP contribution >= 0.6 is 7.82 Å². The molecule has 1 atom stereocenters. The maximum Gasteiger partial charge on any atom is 0.472 e. The SMILES string of the molecule is N#CCCOP(=O)(O)OCC(N)=O. The van der Waals surface area contributed by atoms with Crippen LogP contribution in [0.2, 0.25) is 0 Å². The Bertz CT molecular complexity index is 260. The van der Waals surface area contributed by atoms with Crippen molar-refractivity contribution in [1.29, 1.82) is 5.26 Å². The molecule has 0 aromatic heterocycles. The molecule has 1 unspecified atom stereocenters. The van der Waals surface area contributed by atoms with E-state index in [-0.39, 0.29) is 13.0 Å². The minimum atomic E-state index is -4.23. The Balaban J connectivity index is 3.75. The van der Waals surface area contributed by atoms with Crippen molar-refractivity contribution in [1.82, 2.24) is 0 Å². The van der Waals surface area contributed by atoms with Gasteiger partial charge in [-0.15, -0.1) is 0 Å². The molecule has 0 radical (unpaired) electrons. The third-order valence-corrected chi connectivity index (χ3v) is 1.80. The molecule has 0 saturated carbocycles. The van der Waals surface area contributed by atoms with Crippen molar-refractivity contribution < 1.29 is 23.3 Å². The summed E-state index contributed by atoms with van der Waals surface area (Å²) in [5.41, 5.74) is 4.65. The molecule has 0 aliphatic heterocycles. The highest BCUT2D eigenvalue weighted by atomic mass is 31.2. The standard InChI is InChI=1S/C5H9N2O5P/c6-2-1-3-11-13(9,10)12-4-5(7)8/h1,3-4H2,(H2,7,8)(H,9,10). The van der Waals surface area contributed by atoms with Crippen LogP contribution < -0.4 is 5.73 Å². The number of nitrogens with two attached hydrogens (primary N) is 1. The molecule has 7 nitrogen and oxygen atoms in total. The minimum absolute atomic E-state index is 0.0372. The molecule has 3 N–H and O–H groups in total. The summed E-state index contributed by atoms with van der Waals surface area (Å²) in [6.07, 6.45) is -0.0372. The highest BCUT2D eigenvalue weighted by molar-refractivity contribution is 7.47. The number of hydrogen-bond acceptors (Lipinski definition) is 5. The van der Waals surface area contributed by atoms with Gasteiger partial charge in [-0.05, 0) is 0 Å². The number of carbonyl (C=O) groups excluding carboxylic acids is 1. The lowest BCUT2D eigenvalue weighted by atomic mass is 10.5. The number of rotatable bonds is 6. The first-order valence-corrected chi connectivity index (χ1v) is 4.74. The van der Waals surface area contributed by atoms with E-state index in [0.717, 1.165) is 0 Å². The predicted molar refractivity (Wildman–Crippen MR) is 41.2 cm³/mol. The fourth-order valence-electron chi connectivity index (χ4n) is 0.389. The first kappa shape index (κ1) is 12.1. The van der Waals surface area contributed by atoms with E-state index in [2.05, 4.69) is 14.8 Å². The van der Waals surface area contributed by atoms with Gasteiger partial charge in [-0.25, -0.2) is 4.57 Å². The minimum Gasteiger partial charge on any atom is -0.368 e. The Kier molecular flexibility index (Phi) is 5.26. The van der Waals surface area contributed by atoms with Gasteiger partial charge in [-0.3, -0.25) is 13.8 Å². The van der Waals surface area contributed by atoms with Crippen LogP contribution in [-0.4, -0.2) is 24.0 Å². The molecule has 13 heavy (non-hydrogen) atoms. The van der Waals surface area contributed by atoms with Crippen LogP contribution in [0.4, 0.5) is 0 Å². The second-order valence-corrected chi connectivity index (χ2v) is 3.40. The van der Waals surface area contributed by atoms with Crippen LogP contribution in [0.1, 0.15) is 6.42 Å². The summed E-state index contributed by atoms with van der Waals surface area (Å²) in [5, 5.41) is 8.06. The van der Waals surface area contributed by atoms with Crippen LogP contribution in [0, 0.1) is 11.3 Å². The summed E-state index contributed by atoms with van der Waals surface area (Å²) in [7, 11) is -4.23. The summed E-state index contributed by atoms with van der Waals surface area (Å²) < 4.78 is 19.2. The van der Waals surface area contributed by atoms with E-state index in [4.69, 9.17) is 10.2 Å². The molecule has 0 rings (SSSR count). The number of carbonyl (C=O) groups is 1. The van der Waals surface area contributed by atoms with E-state index in [9.17, 15) is 9.36 Å². The molecule has 0 bridgehead atoms. The molecule has 0 spiro atoms. The Morgan fingerprint density at radius 1 is 1.62 bits per heavy atom. The Labute approximate surface area is 74.7 Å². The molecule has 0 aromatic carbocycles. The fourth-order valence-corrected chi connectivity index (χ4v) is 1.08. The van der Waals surface area contributed by atoms with Gasteiger partial charge in [0.15, 0.2) is 0 Å². The van der Waals surface area contributed by atoms with Crippen LogP contribution in [0.5, 0.6) is 0 Å². The van der Waals surface area contributed by atoms with E-state index >= 15 is 0 Å². The van der Waals surface area contributed by atoms with Crippen molar-refractivity contribution in [2.45, 2.75) is 6.42 Å². The summed E-state index contributed by atoms with van der Waals surface area (Å²) in [6, 6.07) is 1.70. The van der Waals surface area contributed by atoms with Crippen LogP contribution in [-0.2, 0) is 18.4 Å². The van der Waals surface area contributed by atoms with Crippen LogP contribution in [0.25, 0.3) is 0 Å². The predicted octanol–water partition coefficient (Wildman–Crippen LogP) is -0.481. The van der Waals surface area contributed by atoms with Gasteiger partial charge in [0, 0.05) is 0 Å².